The van der Waals surface area contributed by atoms with Gasteiger partial charge in [0, 0.05) is 10.2 Å². The van der Waals surface area contributed by atoms with Crippen LogP contribution in [0.15, 0.2) is 89.4 Å². The summed E-state index contributed by atoms with van der Waals surface area (Å²) in [4.78, 5) is 24.7. The first-order valence-electron chi connectivity index (χ1n) is 8.11. The highest BCUT2D eigenvalue weighted by Gasteiger charge is 2.21. The first-order chi connectivity index (χ1) is 12.6. The Labute approximate surface area is 160 Å². The van der Waals surface area contributed by atoms with Gasteiger partial charge in [0.2, 0.25) is 0 Å². The van der Waals surface area contributed by atoms with Crippen LogP contribution in [0.5, 0.6) is 0 Å². The molecular weight excluding hydrogens is 392 g/mol. The van der Waals surface area contributed by atoms with Gasteiger partial charge in [-0.25, -0.2) is 0 Å². The van der Waals surface area contributed by atoms with Gasteiger partial charge >= 0.3 is 11.8 Å². The number of benzene rings is 3. The van der Waals surface area contributed by atoms with Crippen LogP contribution in [-0.4, -0.2) is 11.8 Å². The zero-order valence-electron chi connectivity index (χ0n) is 13.9. The molecule has 0 spiro atoms. The number of carbonyl (C=O) groups is 2. The van der Waals surface area contributed by atoms with Gasteiger partial charge in [-0.3, -0.25) is 9.59 Å². The van der Waals surface area contributed by atoms with Crippen LogP contribution in [0, 0.1) is 0 Å². The third kappa shape index (κ3) is 4.58. The van der Waals surface area contributed by atoms with Crippen LogP contribution < -0.4 is 10.6 Å². The van der Waals surface area contributed by atoms with Crippen molar-refractivity contribution in [2.24, 2.45) is 0 Å². The molecule has 0 bridgehead atoms. The molecule has 0 heterocycles. The van der Waals surface area contributed by atoms with Gasteiger partial charge in [0.15, 0.2) is 0 Å². The Hall–Kier alpha value is -2.92. The summed E-state index contributed by atoms with van der Waals surface area (Å²) in [5, 5.41) is 5.43. The molecule has 4 nitrogen and oxygen atoms in total. The number of amides is 2. The molecule has 3 aromatic carbocycles. The van der Waals surface area contributed by atoms with Gasteiger partial charge in [-0.2, -0.15) is 0 Å². The first-order valence-corrected chi connectivity index (χ1v) is 8.90. The van der Waals surface area contributed by atoms with E-state index in [0.717, 1.165) is 15.6 Å². The van der Waals surface area contributed by atoms with E-state index in [2.05, 4.69) is 26.6 Å². The summed E-state index contributed by atoms with van der Waals surface area (Å²) in [5.74, 6) is -1.39. The van der Waals surface area contributed by atoms with E-state index in [0.29, 0.717) is 5.69 Å². The lowest BCUT2D eigenvalue weighted by Crippen LogP contribution is -2.38. The van der Waals surface area contributed by atoms with E-state index in [1.54, 1.807) is 24.3 Å². The average molecular weight is 409 g/mol. The highest BCUT2D eigenvalue weighted by Crippen LogP contribution is 2.21. The van der Waals surface area contributed by atoms with Crippen molar-refractivity contribution < 1.29 is 9.59 Å². The molecule has 3 rings (SSSR count). The van der Waals surface area contributed by atoms with Gasteiger partial charge in [-0.15, -0.1) is 0 Å². The molecule has 0 aromatic heterocycles. The van der Waals surface area contributed by atoms with Gasteiger partial charge < -0.3 is 10.6 Å². The Bertz CT molecular complexity index is 841. The number of carbonyl (C=O) groups excluding carboxylic acids is 2. The smallest absolute Gasteiger partial charge is 0.313 e. The Kier molecular flexibility index (Phi) is 5.81. The summed E-state index contributed by atoms with van der Waals surface area (Å²) < 4.78 is 0.896. The molecule has 2 amide bonds. The monoisotopic (exact) mass is 408 g/mol. The Morgan fingerprint density at radius 3 is 1.69 bits per heavy atom. The van der Waals surface area contributed by atoms with Gasteiger partial charge in [-0.1, -0.05) is 76.6 Å². The van der Waals surface area contributed by atoms with E-state index < -0.39 is 17.9 Å². The van der Waals surface area contributed by atoms with Gasteiger partial charge in [0.05, 0.1) is 6.04 Å². The zero-order chi connectivity index (χ0) is 18.4. The molecule has 0 saturated heterocycles. The van der Waals surface area contributed by atoms with Crippen molar-refractivity contribution in [1.29, 1.82) is 0 Å². The van der Waals surface area contributed by atoms with Crippen molar-refractivity contribution in [3.8, 4) is 0 Å². The highest BCUT2D eigenvalue weighted by molar-refractivity contribution is 9.10. The van der Waals surface area contributed by atoms with Crippen molar-refractivity contribution in [2.45, 2.75) is 6.04 Å². The van der Waals surface area contributed by atoms with Gasteiger partial charge in [0.1, 0.15) is 0 Å². The summed E-state index contributed by atoms with van der Waals surface area (Å²) in [5.41, 5.74) is 2.37. The summed E-state index contributed by atoms with van der Waals surface area (Å²) >= 11 is 3.33. The fourth-order valence-electron chi connectivity index (χ4n) is 2.57. The maximum Gasteiger partial charge on any atom is 0.313 e. The summed E-state index contributed by atoms with van der Waals surface area (Å²) in [6.07, 6.45) is 0. The molecule has 0 unspecified atom stereocenters. The fraction of sp³-hybridized carbons (Fsp3) is 0.0476. The lowest BCUT2D eigenvalue weighted by Gasteiger charge is -2.19. The number of hydrogen-bond acceptors (Lipinski definition) is 2. The standard InChI is InChI=1S/C21H17BrN2O2/c22-17-11-13-18(14-12-17)23-20(25)21(26)24-19(15-7-3-1-4-8-15)16-9-5-2-6-10-16/h1-14,19H,(H,23,25)(H,24,26). The molecular formula is C21H17BrN2O2. The lowest BCUT2D eigenvalue weighted by molar-refractivity contribution is -0.136. The fourth-order valence-corrected chi connectivity index (χ4v) is 2.83. The van der Waals surface area contributed by atoms with E-state index in [1.165, 1.54) is 0 Å². The molecule has 0 aliphatic carbocycles. The van der Waals surface area contributed by atoms with Crippen LogP contribution in [0.3, 0.4) is 0 Å². The van der Waals surface area contributed by atoms with Crippen LogP contribution in [0.4, 0.5) is 5.69 Å². The number of nitrogens with one attached hydrogen (secondary N) is 2. The van der Waals surface area contributed by atoms with Crippen LogP contribution >= 0.6 is 15.9 Å². The Balaban J connectivity index is 1.77. The number of halogens is 1. The first kappa shape index (κ1) is 17.9. The molecule has 130 valence electrons. The molecule has 0 saturated carbocycles. The molecule has 3 aromatic rings. The number of anilines is 1. The van der Waals surface area contributed by atoms with Crippen LogP contribution in [0.25, 0.3) is 0 Å². The van der Waals surface area contributed by atoms with Crippen molar-refractivity contribution >= 4 is 33.4 Å². The molecule has 0 radical (unpaired) electrons. The molecule has 0 atom stereocenters. The van der Waals surface area contributed by atoms with E-state index in [9.17, 15) is 9.59 Å². The topological polar surface area (TPSA) is 58.2 Å². The predicted molar refractivity (Wildman–Crippen MR) is 106 cm³/mol. The second kappa shape index (κ2) is 8.45. The maximum absolute atomic E-state index is 12.4. The Morgan fingerprint density at radius 2 is 1.19 bits per heavy atom. The van der Waals surface area contributed by atoms with E-state index >= 15 is 0 Å². The van der Waals surface area contributed by atoms with Crippen molar-refractivity contribution in [2.75, 3.05) is 5.32 Å². The molecule has 26 heavy (non-hydrogen) atoms. The third-order valence-corrected chi connectivity index (χ3v) is 4.38. The molecule has 5 heteroatoms. The quantitative estimate of drug-likeness (QED) is 0.632. The predicted octanol–water partition coefficient (Wildman–Crippen LogP) is 4.29. The minimum absolute atomic E-state index is 0.402. The summed E-state index contributed by atoms with van der Waals surface area (Å²) in [6, 6.07) is 25.8. The van der Waals surface area contributed by atoms with Crippen molar-refractivity contribution in [3.63, 3.8) is 0 Å². The van der Waals surface area contributed by atoms with Crippen LogP contribution in [0.1, 0.15) is 17.2 Å². The van der Waals surface area contributed by atoms with Crippen molar-refractivity contribution in [1.82, 2.24) is 5.32 Å². The average Bonchev–Trinajstić information content (AvgIpc) is 2.69. The molecule has 0 aliphatic heterocycles. The maximum atomic E-state index is 12.4. The molecule has 0 fully saturated rings. The minimum atomic E-state index is -0.704. The van der Waals surface area contributed by atoms with Crippen molar-refractivity contribution in [3.05, 3.63) is 101 Å². The third-order valence-electron chi connectivity index (χ3n) is 3.85. The van der Waals surface area contributed by atoms with Gasteiger partial charge in [0.25, 0.3) is 0 Å². The van der Waals surface area contributed by atoms with E-state index in [1.807, 2.05) is 60.7 Å². The SMILES string of the molecule is O=C(Nc1ccc(Br)cc1)C(=O)NC(c1ccccc1)c1ccccc1. The van der Waals surface area contributed by atoms with E-state index in [4.69, 9.17) is 0 Å². The molecule has 0 aliphatic rings. The van der Waals surface area contributed by atoms with E-state index in [-0.39, 0.29) is 0 Å². The minimum Gasteiger partial charge on any atom is -0.337 e. The number of hydrogen-bond donors (Lipinski definition) is 2. The second-order valence-corrected chi connectivity index (χ2v) is 6.60. The second-order valence-electron chi connectivity index (χ2n) is 5.69. The summed E-state index contributed by atoms with van der Waals surface area (Å²) in [6.45, 7) is 0. The normalized spacial score (nSPS) is 10.4. The van der Waals surface area contributed by atoms with Crippen LogP contribution in [-0.2, 0) is 9.59 Å². The number of rotatable bonds is 4. The van der Waals surface area contributed by atoms with Gasteiger partial charge in [-0.05, 0) is 35.4 Å². The molecule has 2 N–H and O–H groups in total. The summed E-state index contributed by atoms with van der Waals surface area (Å²) in [7, 11) is 0. The zero-order valence-corrected chi connectivity index (χ0v) is 15.4. The highest BCUT2D eigenvalue weighted by atomic mass is 79.9. The van der Waals surface area contributed by atoms with Crippen LogP contribution in [0.2, 0.25) is 0 Å². The Morgan fingerprint density at radius 1 is 0.692 bits per heavy atom. The largest absolute Gasteiger partial charge is 0.337 e. The lowest BCUT2D eigenvalue weighted by atomic mass is 9.99.